The van der Waals surface area contributed by atoms with Crippen LogP contribution < -0.4 is 5.32 Å². The summed E-state index contributed by atoms with van der Waals surface area (Å²) in [5.74, 6) is -1.19. The van der Waals surface area contributed by atoms with Gasteiger partial charge in [0.25, 0.3) is 0 Å². The Kier molecular flexibility index (Phi) is 8.76. The number of hydrogen-bond acceptors (Lipinski definition) is 5. The molecule has 1 fully saturated rings. The molecule has 0 amide bonds. The highest BCUT2D eigenvalue weighted by Gasteiger charge is 2.21. The Morgan fingerprint density at radius 1 is 1.32 bits per heavy atom. The van der Waals surface area contributed by atoms with Crippen LogP contribution in [0.25, 0.3) is 0 Å². The molecule has 1 aliphatic heterocycles. The zero-order valence-corrected chi connectivity index (χ0v) is 13.4. The van der Waals surface area contributed by atoms with E-state index in [2.05, 4.69) is 5.32 Å². The number of hydrogen-bond donors (Lipinski definition) is 2. The molecule has 122 valence electrons. The first-order valence-electron chi connectivity index (χ1n) is 6.75. The third kappa shape index (κ3) is 7.56. The molecular formula is C14H18ClNO5S. The summed E-state index contributed by atoms with van der Waals surface area (Å²) in [6, 6.07) is 9.07. The molecule has 22 heavy (non-hydrogen) atoms. The van der Waals surface area contributed by atoms with Crippen LogP contribution in [0.4, 0.5) is 0 Å². The first-order chi connectivity index (χ1) is 10.5. The van der Waals surface area contributed by atoms with E-state index in [0.717, 1.165) is 24.4 Å². The molecule has 0 aromatic heterocycles. The highest BCUT2D eigenvalue weighted by atomic mass is 35.5. The second-order valence-corrected chi connectivity index (χ2v) is 5.84. The minimum absolute atomic E-state index is 0.197. The highest BCUT2D eigenvalue weighted by molar-refractivity contribution is 7.72. The lowest BCUT2D eigenvalue weighted by atomic mass is 10.1. The molecule has 2 rings (SSSR count). The molecule has 1 aromatic rings. The Morgan fingerprint density at radius 2 is 2.00 bits per heavy atom. The fraction of sp³-hybridized carbons (Fsp3) is 0.429. The lowest BCUT2D eigenvalue weighted by Crippen LogP contribution is -2.42. The summed E-state index contributed by atoms with van der Waals surface area (Å²) in [5, 5.41) is 12.0. The largest absolute Gasteiger partial charge is 0.480 e. The lowest BCUT2D eigenvalue weighted by Gasteiger charge is -2.22. The molecule has 0 spiro atoms. The van der Waals surface area contributed by atoms with E-state index in [1.165, 1.54) is 0 Å². The van der Waals surface area contributed by atoms with E-state index in [4.69, 9.17) is 21.4 Å². The lowest BCUT2D eigenvalue weighted by molar-refractivity contribution is -0.139. The highest BCUT2D eigenvalue weighted by Crippen LogP contribution is 2.08. The molecule has 1 heterocycles. The van der Waals surface area contributed by atoms with Crippen LogP contribution in [0.5, 0.6) is 0 Å². The minimum atomic E-state index is -2.50. The number of halogens is 1. The number of carbonyl (C=O) groups is 1. The van der Waals surface area contributed by atoms with E-state index >= 15 is 0 Å². The van der Waals surface area contributed by atoms with Gasteiger partial charge in [0.15, 0.2) is 11.7 Å². The number of piperidine rings is 1. The van der Waals surface area contributed by atoms with Crippen molar-refractivity contribution in [3.63, 3.8) is 0 Å². The fourth-order valence-corrected chi connectivity index (χ4v) is 2.60. The normalized spacial score (nSPS) is 17.0. The van der Waals surface area contributed by atoms with Crippen molar-refractivity contribution in [1.29, 1.82) is 0 Å². The van der Waals surface area contributed by atoms with Crippen LogP contribution in [-0.4, -0.2) is 43.7 Å². The summed E-state index contributed by atoms with van der Waals surface area (Å²) in [7, 11) is -2.50. The number of carboxylic acids is 1. The second kappa shape index (κ2) is 10.3. The standard InChI is InChI=1S/C8H13NO5S.C6H5Cl/c10-7(11)5-14-8(15(12)13)6-3-1-2-4-9-6;7-6-4-2-1-3-5-6/h6,9H,1-5H2,(H,10,11);1-5H. The summed E-state index contributed by atoms with van der Waals surface area (Å²) < 4.78 is 26.4. The maximum absolute atomic E-state index is 10.8. The molecule has 8 heteroatoms. The van der Waals surface area contributed by atoms with E-state index < -0.39 is 22.9 Å². The van der Waals surface area contributed by atoms with Crippen LogP contribution in [0, 0.1) is 0 Å². The number of rotatable bonds is 3. The van der Waals surface area contributed by atoms with Gasteiger partial charge in [0.2, 0.25) is 10.3 Å². The molecule has 0 radical (unpaired) electrons. The van der Waals surface area contributed by atoms with Gasteiger partial charge >= 0.3 is 5.97 Å². The van der Waals surface area contributed by atoms with Gasteiger partial charge in [-0.1, -0.05) is 36.2 Å². The van der Waals surface area contributed by atoms with Crippen LogP contribution in [0.15, 0.2) is 30.3 Å². The van der Waals surface area contributed by atoms with Gasteiger partial charge in [0.05, 0.1) is 6.04 Å². The van der Waals surface area contributed by atoms with Gasteiger partial charge in [-0.2, -0.15) is 8.42 Å². The average Bonchev–Trinajstić information content (AvgIpc) is 2.49. The molecule has 0 saturated carbocycles. The van der Waals surface area contributed by atoms with Gasteiger partial charge in [-0.05, 0) is 31.5 Å². The number of ether oxygens (including phenoxy) is 1. The van der Waals surface area contributed by atoms with Crippen molar-refractivity contribution in [3.05, 3.63) is 35.4 Å². The number of benzene rings is 1. The van der Waals surface area contributed by atoms with E-state index in [9.17, 15) is 13.2 Å². The fourth-order valence-electron chi connectivity index (χ4n) is 1.87. The summed E-state index contributed by atoms with van der Waals surface area (Å²) in [4.78, 5) is 10.2. The molecule has 1 atom stereocenters. The minimum Gasteiger partial charge on any atom is -0.480 e. The molecule has 2 N–H and O–H groups in total. The second-order valence-electron chi connectivity index (χ2n) is 4.53. The molecular weight excluding hydrogens is 330 g/mol. The Balaban J connectivity index is 0.000000287. The summed E-state index contributed by atoms with van der Waals surface area (Å²) in [6.45, 7) is 0.100. The molecule has 1 aliphatic rings. The van der Waals surface area contributed by atoms with Crippen molar-refractivity contribution in [2.75, 3.05) is 13.2 Å². The van der Waals surface area contributed by atoms with Gasteiger partial charge in [-0.15, -0.1) is 0 Å². The molecule has 0 bridgehead atoms. The van der Waals surface area contributed by atoms with Gasteiger partial charge in [0.1, 0.15) is 0 Å². The maximum atomic E-state index is 10.8. The Labute approximate surface area is 135 Å². The van der Waals surface area contributed by atoms with Gasteiger partial charge in [-0.25, -0.2) is 4.79 Å². The predicted octanol–water partition coefficient (Wildman–Crippen LogP) is 1.58. The van der Waals surface area contributed by atoms with Crippen LogP contribution in [0.3, 0.4) is 0 Å². The molecule has 1 aromatic carbocycles. The number of carboxylic acid groups (broad SMARTS) is 1. The Bertz CT molecular complexity index is 589. The number of nitrogens with one attached hydrogen (secondary N) is 1. The van der Waals surface area contributed by atoms with Gasteiger partial charge in [0, 0.05) is 5.02 Å². The van der Waals surface area contributed by atoms with Crippen molar-refractivity contribution in [2.24, 2.45) is 0 Å². The first kappa shape index (κ1) is 18.6. The number of aliphatic carboxylic acids is 1. The third-order valence-electron chi connectivity index (χ3n) is 2.83. The molecule has 1 unspecified atom stereocenters. The van der Waals surface area contributed by atoms with E-state index in [-0.39, 0.29) is 11.1 Å². The maximum Gasteiger partial charge on any atom is 0.330 e. The van der Waals surface area contributed by atoms with E-state index in [0.29, 0.717) is 6.42 Å². The third-order valence-corrected chi connectivity index (χ3v) is 3.81. The quantitative estimate of drug-likeness (QED) is 0.806. The van der Waals surface area contributed by atoms with Crippen LogP contribution in [0.1, 0.15) is 19.3 Å². The predicted molar refractivity (Wildman–Crippen MR) is 84.6 cm³/mol. The first-order valence-corrected chi connectivity index (χ1v) is 8.20. The van der Waals surface area contributed by atoms with Crippen LogP contribution >= 0.6 is 11.6 Å². The average molecular weight is 348 g/mol. The van der Waals surface area contributed by atoms with Crippen LogP contribution in [0.2, 0.25) is 5.02 Å². The Hall–Kier alpha value is -1.41. The van der Waals surface area contributed by atoms with Crippen molar-refractivity contribution < 1.29 is 23.1 Å². The summed E-state index contributed by atoms with van der Waals surface area (Å²) >= 11 is 5.54. The smallest absolute Gasteiger partial charge is 0.330 e. The monoisotopic (exact) mass is 347 g/mol. The summed E-state index contributed by atoms with van der Waals surface area (Å²) in [6.07, 6.45) is 2.56. The molecule has 1 saturated heterocycles. The van der Waals surface area contributed by atoms with E-state index in [1.807, 2.05) is 30.3 Å². The SMILES string of the molecule is Clc1ccccc1.O=C(O)COC(C1CCCCN1)=S(=O)=O. The van der Waals surface area contributed by atoms with Crippen LogP contribution in [-0.2, 0) is 19.8 Å². The topological polar surface area (TPSA) is 92.7 Å². The van der Waals surface area contributed by atoms with E-state index in [1.54, 1.807) is 0 Å². The van der Waals surface area contributed by atoms with Crippen molar-refractivity contribution >= 4 is 32.9 Å². The van der Waals surface area contributed by atoms with Crippen molar-refractivity contribution in [1.82, 2.24) is 5.32 Å². The Morgan fingerprint density at radius 3 is 2.41 bits per heavy atom. The zero-order valence-electron chi connectivity index (χ0n) is 11.9. The van der Waals surface area contributed by atoms with Crippen molar-refractivity contribution in [3.8, 4) is 0 Å². The molecule has 0 aliphatic carbocycles. The molecule has 6 nitrogen and oxygen atoms in total. The zero-order chi connectivity index (χ0) is 16.4. The van der Waals surface area contributed by atoms with Crippen molar-refractivity contribution in [2.45, 2.75) is 25.3 Å². The summed E-state index contributed by atoms with van der Waals surface area (Å²) in [5.41, 5.74) is 0. The van der Waals surface area contributed by atoms with Gasteiger partial charge in [-0.3, -0.25) is 0 Å². The van der Waals surface area contributed by atoms with Gasteiger partial charge < -0.3 is 15.2 Å².